The highest BCUT2D eigenvalue weighted by atomic mass is 16.5. The lowest BCUT2D eigenvalue weighted by molar-refractivity contribution is -0.0883. The van der Waals surface area contributed by atoms with Crippen molar-refractivity contribution in [2.45, 2.75) is 31.5 Å². The van der Waals surface area contributed by atoms with E-state index in [9.17, 15) is 0 Å². The van der Waals surface area contributed by atoms with Gasteiger partial charge in [-0.15, -0.1) is 0 Å². The first-order chi connectivity index (χ1) is 11.2. The average molecular weight is 319 g/mol. The molecule has 5 nitrogen and oxygen atoms in total. The van der Waals surface area contributed by atoms with E-state index in [1.807, 2.05) is 18.5 Å². The molecular weight excluding hydrogens is 290 g/mol. The van der Waals surface area contributed by atoms with E-state index in [0.717, 1.165) is 39.5 Å². The molecule has 0 aromatic carbocycles. The fourth-order valence-corrected chi connectivity index (χ4v) is 3.72. The van der Waals surface area contributed by atoms with Crippen molar-refractivity contribution in [1.29, 1.82) is 0 Å². The van der Waals surface area contributed by atoms with Crippen molar-refractivity contribution in [1.82, 2.24) is 14.8 Å². The third-order valence-electron chi connectivity index (χ3n) is 4.96. The predicted molar refractivity (Wildman–Crippen MR) is 90.3 cm³/mol. The zero-order valence-corrected chi connectivity index (χ0v) is 14.4. The van der Waals surface area contributed by atoms with Gasteiger partial charge in [0.2, 0.25) is 0 Å². The zero-order chi connectivity index (χ0) is 16.1. The molecule has 1 aromatic rings. The summed E-state index contributed by atoms with van der Waals surface area (Å²) in [7, 11) is 4.16. The van der Waals surface area contributed by atoms with Crippen molar-refractivity contribution in [3.8, 4) is 0 Å². The Morgan fingerprint density at radius 2 is 2.30 bits per heavy atom. The maximum atomic E-state index is 6.11. The van der Waals surface area contributed by atoms with Crippen molar-refractivity contribution in [3.63, 3.8) is 0 Å². The van der Waals surface area contributed by atoms with E-state index >= 15 is 0 Å². The second-order valence-corrected chi connectivity index (χ2v) is 6.95. The van der Waals surface area contributed by atoms with Gasteiger partial charge in [-0.25, -0.2) is 0 Å². The maximum absolute atomic E-state index is 6.11. The van der Waals surface area contributed by atoms with Crippen LogP contribution >= 0.6 is 0 Å². The summed E-state index contributed by atoms with van der Waals surface area (Å²) in [4.78, 5) is 8.96. The third kappa shape index (κ3) is 4.51. The molecule has 5 heteroatoms. The highest BCUT2D eigenvalue weighted by Gasteiger charge is 2.42. The van der Waals surface area contributed by atoms with Gasteiger partial charge in [0.1, 0.15) is 0 Å². The van der Waals surface area contributed by atoms with Crippen LogP contribution in [0.4, 0.5) is 0 Å². The lowest BCUT2D eigenvalue weighted by Crippen LogP contribution is -2.50. The van der Waals surface area contributed by atoms with Crippen molar-refractivity contribution in [3.05, 3.63) is 30.1 Å². The van der Waals surface area contributed by atoms with Gasteiger partial charge in [-0.1, -0.05) is 6.07 Å². The number of pyridine rings is 1. The quantitative estimate of drug-likeness (QED) is 0.714. The largest absolute Gasteiger partial charge is 0.380 e. The molecule has 3 atom stereocenters. The lowest BCUT2D eigenvalue weighted by atomic mass is 10.0. The summed E-state index contributed by atoms with van der Waals surface area (Å²) < 4.78 is 12.0. The monoisotopic (exact) mass is 319 g/mol. The van der Waals surface area contributed by atoms with E-state index < -0.39 is 0 Å². The minimum absolute atomic E-state index is 0.333. The number of hydrogen-bond donors (Lipinski definition) is 0. The van der Waals surface area contributed by atoms with Crippen molar-refractivity contribution < 1.29 is 9.47 Å². The fourth-order valence-electron chi connectivity index (χ4n) is 3.72. The van der Waals surface area contributed by atoms with Crippen molar-refractivity contribution in [2.24, 2.45) is 5.92 Å². The molecule has 1 aliphatic heterocycles. The Hall–Kier alpha value is -1.01. The fraction of sp³-hybridized carbons (Fsp3) is 0.722. The van der Waals surface area contributed by atoms with E-state index in [1.54, 1.807) is 0 Å². The van der Waals surface area contributed by atoms with Crippen LogP contribution in [0.15, 0.2) is 24.5 Å². The van der Waals surface area contributed by atoms with Crippen LogP contribution in [0.1, 0.15) is 18.4 Å². The van der Waals surface area contributed by atoms with Gasteiger partial charge in [0.25, 0.3) is 0 Å². The molecule has 0 spiro atoms. The second kappa shape index (κ2) is 8.20. The van der Waals surface area contributed by atoms with Gasteiger partial charge in [-0.2, -0.15) is 0 Å². The van der Waals surface area contributed by atoms with Crippen molar-refractivity contribution in [2.75, 3.05) is 47.0 Å². The van der Waals surface area contributed by atoms with Crippen LogP contribution in [-0.4, -0.2) is 73.9 Å². The number of morpholine rings is 1. The standard InChI is InChI=1S/C18H29N3O2/c1-20(2)8-10-22-14-16-5-6-17-18(16)23-11-9-21(17)13-15-4-3-7-19-12-15/h3-4,7,12,16-18H,5-6,8-11,13-14H2,1-2H3. The Morgan fingerprint density at radius 1 is 1.39 bits per heavy atom. The minimum Gasteiger partial charge on any atom is -0.380 e. The highest BCUT2D eigenvalue weighted by molar-refractivity contribution is 5.09. The van der Waals surface area contributed by atoms with Crippen LogP contribution in [0.5, 0.6) is 0 Å². The van der Waals surface area contributed by atoms with Gasteiger partial charge in [0.15, 0.2) is 0 Å². The molecule has 2 fully saturated rings. The molecule has 23 heavy (non-hydrogen) atoms. The number of likely N-dealkylation sites (N-methyl/N-ethyl adjacent to an activating group) is 1. The van der Waals surface area contributed by atoms with Crippen LogP contribution in [0, 0.1) is 5.92 Å². The summed E-state index contributed by atoms with van der Waals surface area (Å²) in [5, 5.41) is 0. The van der Waals surface area contributed by atoms with Crippen LogP contribution in [-0.2, 0) is 16.0 Å². The van der Waals surface area contributed by atoms with E-state index in [-0.39, 0.29) is 0 Å². The Balaban J connectivity index is 1.51. The number of ether oxygens (including phenoxy) is 2. The van der Waals surface area contributed by atoms with Crippen LogP contribution < -0.4 is 0 Å². The third-order valence-corrected chi connectivity index (χ3v) is 4.96. The molecule has 1 aliphatic carbocycles. The number of fused-ring (bicyclic) bond motifs is 1. The number of hydrogen-bond acceptors (Lipinski definition) is 5. The summed E-state index contributed by atoms with van der Waals surface area (Å²) in [6, 6.07) is 4.71. The zero-order valence-electron chi connectivity index (χ0n) is 14.4. The summed E-state index contributed by atoms with van der Waals surface area (Å²) in [6.07, 6.45) is 6.57. The molecule has 1 saturated heterocycles. The number of rotatable bonds is 7. The molecule has 0 N–H and O–H groups in total. The molecule has 3 rings (SSSR count). The molecule has 0 bridgehead atoms. The number of nitrogens with zero attached hydrogens (tertiary/aromatic N) is 3. The predicted octanol–water partition coefficient (Wildman–Crippen LogP) is 1.64. The maximum Gasteiger partial charge on any atom is 0.0781 e. The summed E-state index contributed by atoms with van der Waals surface area (Å²) in [5.41, 5.74) is 1.29. The van der Waals surface area contributed by atoms with Gasteiger partial charge in [0, 0.05) is 44.0 Å². The minimum atomic E-state index is 0.333. The van der Waals surface area contributed by atoms with Gasteiger partial charge in [-0.3, -0.25) is 9.88 Å². The molecule has 0 amide bonds. The van der Waals surface area contributed by atoms with Gasteiger partial charge in [0.05, 0.1) is 25.9 Å². The van der Waals surface area contributed by atoms with Gasteiger partial charge >= 0.3 is 0 Å². The average Bonchev–Trinajstić information content (AvgIpc) is 2.97. The first-order valence-electron chi connectivity index (χ1n) is 8.71. The number of aromatic nitrogens is 1. The smallest absolute Gasteiger partial charge is 0.0781 e. The van der Waals surface area contributed by atoms with E-state index in [4.69, 9.17) is 9.47 Å². The van der Waals surface area contributed by atoms with Crippen LogP contribution in [0.25, 0.3) is 0 Å². The molecule has 1 saturated carbocycles. The highest BCUT2D eigenvalue weighted by Crippen LogP contribution is 2.35. The summed E-state index contributed by atoms with van der Waals surface area (Å²) >= 11 is 0. The van der Waals surface area contributed by atoms with Gasteiger partial charge in [-0.05, 0) is 38.6 Å². The SMILES string of the molecule is CN(C)CCOCC1CCC2C1OCCN2Cc1cccnc1. The summed E-state index contributed by atoms with van der Waals surface area (Å²) in [6.45, 7) is 5.44. The van der Waals surface area contributed by atoms with Gasteiger partial charge < -0.3 is 14.4 Å². The summed E-state index contributed by atoms with van der Waals surface area (Å²) in [5.74, 6) is 0.541. The first kappa shape index (κ1) is 16.8. The Morgan fingerprint density at radius 3 is 3.09 bits per heavy atom. The van der Waals surface area contributed by atoms with Crippen molar-refractivity contribution >= 4 is 0 Å². The first-order valence-corrected chi connectivity index (χ1v) is 8.71. The molecule has 128 valence electrons. The van der Waals surface area contributed by atoms with Crippen LogP contribution in [0.3, 0.4) is 0 Å². The lowest BCUT2D eigenvalue weighted by Gasteiger charge is -2.39. The molecule has 3 unspecified atom stereocenters. The normalized spacial score (nSPS) is 28.2. The van der Waals surface area contributed by atoms with E-state index in [2.05, 4.69) is 34.9 Å². The molecule has 2 aliphatic rings. The second-order valence-electron chi connectivity index (χ2n) is 6.95. The van der Waals surface area contributed by atoms with E-state index in [1.165, 1.54) is 18.4 Å². The Bertz CT molecular complexity index is 469. The Labute approximate surface area is 139 Å². The molecular formula is C18H29N3O2. The molecule has 1 aromatic heterocycles. The molecule has 0 radical (unpaired) electrons. The molecule has 2 heterocycles. The van der Waals surface area contributed by atoms with Crippen LogP contribution in [0.2, 0.25) is 0 Å². The Kier molecular flexibility index (Phi) is 6.00. The van der Waals surface area contributed by atoms with E-state index in [0.29, 0.717) is 18.1 Å². The topological polar surface area (TPSA) is 37.8 Å².